The minimum absolute atomic E-state index is 0.202. The Morgan fingerprint density at radius 3 is 2.93 bits per heavy atom. The Hall–Kier alpha value is -1.53. The van der Waals surface area contributed by atoms with E-state index in [2.05, 4.69) is 5.32 Å². The molecular formula is C11H11ClN2O. The number of nitrogens with one attached hydrogen (secondary N) is 1. The first kappa shape index (κ1) is 11.5. The fraction of sp³-hybridized carbons (Fsp3) is 0.273. The number of carbonyl (C=O) groups excluding carboxylic acids is 1. The van der Waals surface area contributed by atoms with Gasteiger partial charge in [0.2, 0.25) is 0 Å². The molecule has 0 radical (unpaired) electrons. The number of nitriles is 1. The summed E-state index contributed by atoms with van der Waals surface area (Å²) in [5.41, 5.74) is 1.45. The van der Waals surface area contributed by atoms with E-state index in [0.29, 0.717) is 23.6 Å². The smallest absolute Gasteiger partial charge is 0.251 e. The van der Waals surface area contributed by atoms with Gasteiger partial charge >= 0.3 is 0 Å². The van der Waals surface area contributed by atoms with E-state index < -0.39 is 0 Å². The number of hydrogen-bond donors (Lipinski definition) is 1. The number of benzene rings is 1. The largest absolute Gasteiger partial charge is 0.351 e. The van der Waals surface area contributed by atoms with Crippen molar-refractivity contribution in [1.29, 1.82) is 5.26 Å². The standard InChI is InChI=1S/C11H11ClN2O/c1-8-3-4-9(7-10(8)12)11(15)14-6-2-5-13/h3-4,7H,2,6H2,1H3,(H,14,15). The third-order valence-electron chi connectivity index (χ3n) is 1.96. The van der Waals surface area contributed by atoms with E-state index in [9.17, 15) is 4.79 Å². The molecule has 4 heteroatoms. The van der Waals surface area contributed by atoms with Crippen LogP contribution >= 0.6 is 11.6 Å². The third kappa shape index (κ3) is 3.26. The Bertz CT molecular complexity index is 410. The van der Waals surface area contributed by atoms with Crippen molar-refractivity contribution in [1.82, 2.24) is 5.32 Å². The Morgan fingerprint density at radius 2 is 2.33 bits per heavy atom. The number of aryl methyl sites for hydroxylation is 1. The minimum atomic E-state index is -0.202. The number of rotatable bonds is 3. The van der Waals surface area contributed by atoms with E-state index in [0.717, 1.165) is 5.56 Å². The minimum Gasteiger partial charge on any atom is -0.351 e. The summed E-state index contributed by atoms with van der Waals surface area (Å²) in [7, 11) is 0. The van der Waals surface area contributed by atoms with Gasteiger partial charge in [-0.05, 0) is 24.6 Å². The van der Waals surface area contributed by atoms with E-state index in [4.69, 9.17) is 16.9 Å². The average Bonchev–Trinajstić information content (AvgIpc) is 2.22. The van der Waals surface area contributed by atoms with Crippen molar-refractivity contribution in [2.45, 2.75) is 13.3 Å². The van der Waals surface area contributed by atoms with Crippen molar-refractivity contribution < 1.29 is 4.79 Å². The summed E-state index contributed by atoms with van der Waals surface area (Å²) >= 11 is 5.89. The second-order valence-corrected chi connectivity index (χ2v) is 3.54. The number of carbonyl (C=O) groups is 1. The van der Waals surface area contributed by atoms with Gasteiger partial charge in [0.05, 0.1) is 12.5 Å². The van der Waals surface area contributed by atoms with E-state index in [1.54, 1.807) is 18.2 Å². The van der Waals surface area contributed by atoms with Crippen LogP contribution in [0.25, 0.3) is 0 Å². The summed E-state index contributed by atoms with van der Waals surface area (Å²) in [6.45, 7) is 2.24. The molecular weight excluding hydrogens is 212 g/mol. The van der Waals surface area contributed by atoms with Gasteiger partial charge < -0.3 is 5.32 Å². The molecule has 1 N–H and O–H groups in total. The molecule has 0 heterocycles. The van der Waals surface area contributed by atoms with Gasteiger partial charge in [0.1, 0.15) is 0 Å². The molecule has 0 aliphatic rings. The highest BCUT2D eigenvalue weighted by atomic mass is 35.5. The maximum atomic E-state index is 11.5. The maximum absolute atomic E-state index is 11.5. The number of halogens is 1. The van der Waals surface area contributed by atoms with Gasteiger partial charge in [-0.25, -0.2) is 0 Å². The van der Waals surface area contributed by atoms with Crippen LogP contribution < -0.4 is 5.32 Å². The van der Waals surface area contributed by atoms with E-state index >= 15 is 0 Å². The van der Waals surface area contributed by atoms with Gasteiger partial charge in [0.15, 0.2) is 0 Å². The number of nitrogens with zero attached hydrogens (tertiary/aromatic N) is 1. The molecule has 0 spiro atoms. The molecule has 0 unspecified atom stereocenters. The molecule has 0 aliphatic heterocycles. The van der Waals surface area contributed by atoms with Crippen LogP contribution in [-0.4, -0.2) is 12.5 Å². The molecule has 0 bridgehead atoms. The predicted octanol–water partition coefficient (Wildman–Crippen LogP) is 2.29. The lowest BCUT2D eigenvalue weighted by Gasteiger charge is -2.04. The van der Waals surface area contributed by atoms with Crippen LogP contribution in [0.3, 0.4) is 0 Å². The topological polar surface area (TPSA) is 52.9 Å². The van der Waals surface area contributed by atoms with Gasteiger partial charge in [0.25, 0.3) is 5.91 Å². The van der Waals surface area contributed by atoms with E-state index in [1.165, 1.54) is 0 Å². The van der Waals surface area contributed by atoms with Gasteiger partial charge in [-0.15, -0.1) is 0 Å². The maximum Gasteiger partial charge on any atom is 0.251 e. The quantitative estimate of drug-likeness (QED) is 0.798. The normalized spacial score (nSPS) is 9.40. The molecule has 0 saturated heterocycles. The zero-order chi connectivity index (χ0) is 11.3. The lowest BCUT2D eigenvalue weighted by atomic mass is 10.1. The molecule has 1 aromatic rings. The highest BCUT2D eigenvalue weighted by Gasteiger charge is 2.05. The summed E-state index contributed by atoms with van der Waals surface area (Å²) in [5, 5.41) is 11.5. The van der Waals surface area contributed by atoms with Gasteiger partial charge in [-0.2, -0.15) is 5.26 Å². The second kappa shape index (κ2) is 5.38. The Balaban J connectivity index is 2.67. The number of hydrogen-bond acceptors (Lipinski definition) is 2. The summed E-state index contributed by atoms with van der Waals surface area (Å²) in [6, 6.07) is 7.08. The van der Waals surface area contributed by atoms with Crippen LogP contribution in [0.5, 0.6) is 0 Å². The van der Waals surface area contributed by atoms with E-state index in [1.807, 2.05) is 13.0 Å². The Kier molecular flexibility index (Phi) is 4.14. The van der Waals surface area contributed by atoms with Crippen LogP contribution in [0.2, 0.25) is 5.02 Å². The molecule has 15 heavy (non-hydrogen) atoms. The highest BCUT2D eigenvalue weighted by Crippen LogP contribution is 2.16. The van der Waals surface area contributed by atoms with Crippen molar-refractivity contribution in [2.24, 2.45) is 0 Å². The van der Waals surface area contributed by atoms with Gasteiger partial charge in [-0.1, -0.05) is 17.7 Å². The van der Waals surface area contributed by atoms with Crippen LogP contribution in [0.4, 0.5) is 0 Å². The molecule has 1 aromatic carbocycles. The van der Waals surface area contributed by atoms with Gasteiger partial charge in [-0.3, -0.25) is 4.79 Å². The highest BCUT2D eigenvalue weighted by molar-refractivity contribution is 6.31. The monoisotopic (exact) mass is 222 g/mol. The molecule has 1 amide bonds. The SMILES string of the molecule is Cc1ccc(C(=O)NCCC#N)cc1Cl. The summed E-state index contributed by atoms with van der Waals surface area (Å²) in [5.74, 6) is -0.202. The summed E-state index contributed by atoms with van der Waals surface area (Å²) in [6.07, 6.45) is 0.311. The lowest BCUT2D eigenvalue weighted by molar-refractivity contribution is 0.0954. The zero-order valence-corrected chi connectivity index (χ0v) is 9.14. The van der Waals surface area contributed by atoms with Gasteiger partial charge in [0, 0.05) is 17.1 Å². The molecule has 78 valence electrons. The zero-order valence-electron chi connectivity index (χ0n) is 8.38. The fourth-order valence-electron chi connectivity index (χ4n) is 1.07. The Labute approximate surface area is 93.7 Å². The van der Waals surface area contributed by atoms with Crippen molar-refractivity contribution >= 4 is 17.5 Å². The fourth-order valence-corrected chi connectivity index (χ4v) is 1.25. The third-order valence-corrected chi connectivity index (χ3v) is 2.36. The average molecular weight is 223 g/mol. The number of amides is 1. The van der Waals surface area contributed by atoms with Crippen LogP contribution in [0, 0.1) is 18.3 Å². The molecule has 0 atom stereocenters. The van der Waals surface area contributed by atoms with Crippen molar-refractivity contribution in [3.63, 3.8) is 0 Å². The lowest BCUT2D eigenvalue weighted by Crippen LogP contribution is -2.24. The summed E-state index contributed by atoms with van der Waals surface area (Å²) < 4.78 is 0. The van der Waals surface area contributed by atoms with Crippen LogP contribution in [-0.2, 0) is 0 Å². The van der Waals surface area contributed by atoms with Crippen molar-refractivity contribution in [2.75, 3.05) is 6.54 Å². The first-order valence-corrected chi connectivity index (χ1v) is 4.94. The second-order valence-electron chi connectivity index (χ2n) is 3.13. The molecule has 0 aliphatic carbocycles. The molecule has 1 rings (SSSR count). The van der Waals surface area contributed by atoms with Crippen molar-refractivity contribution in [3.8, 4) is 6.07 Å². The van der Waals surface area contributed by atoms with Crippen LogP contribution in [0.15, 0.2) is 18.2 Å². The molecule has 0 fully saturated rings. The van der Waals surface area contributed by atoms with Crippen LogP contribution in [0.1, 0.15) is 22.3 Å². The molecule has 0 saturated carbocycles. The summed E-state index contributed by atoms with van der Waals surface area (Å²) in [4.78, 5) is 11.5. The first-order chi connectivity index (χ1) is 7.15. The first-order valence-electron chi connectivity index (χ1n) is 4.56. The molecule has 0 aromatic heterocycles. The predicted molar refractivity (Wildman–Crippen MR) is 58.8 cm³/mol. The Morgan fingerprint density at radius 1 is 1.60 bits per heavy atom. The van der Waals surface area contributed by atoms with Crippen molar-refractivity contribution in [3.05, 3.63) is 34.3 Å². The molecule has 3 nitrogen and oxygen atoms in total. The van der Waals surface area contributed by atoms with E-state index in [-0.39, 0.29) is 5.91 Å².